The number of hydrogen-bond donors (Lipinski definition) is 1. The molecule has 8 heteroatoms. The van der Waals surface area contributed by atoms with Gasteiger partial charge in [-0.1, -0.05) is 12.1 Å². The Kier molecular flexibility index (Phi) is 5.09. The first kappa shape index (κ1) is 18.8. The van der Waals surface area contributed by atoms with E-state index in [-0.39, 0.29) is 12.1 Å². The SMILES string of the molecule is CC(C)(C)OC(=O)c1ccc(CNC(=O)n2sc3ncccc3c2=O)cc1. The fourth-order valence-electron chi connectivity index (χ4n) is 2.34. The van der Waals surface area contributed by atoms with Gasteiger partial charge >= 0.3 is 12.0 Å². The molecule has 0 spiro atoms. The van der Waals surface area contributed by atoms with Gasteiger partial charge in [0.15, 0.2) is 0 Å². The molecule has 1 amide bonds. The highest BCUT2D eigenvalue weighted by atomic mass is 32.1. The number of aromatic nitrogens is 2. The summed E-state index contributed by atoms with van der Waals surface area (Å²) in [6.45, 7) is 5.64. The second kappa shape index (κ2) is 7.32. The molecular formula is C19H19N3O4S. The van der Waals surface area contributed by atoms with Gasteiger partial charge in [0.25, 0.3) is 5.56 Å². The average Bonchev–Trinajstić information content (AvgIpc) is 2.96. The van der Waals surface area contributed by atoms with Crippen LogP contribution >= 0.6 is 11.5 Å². The number of rotatable bonds is 3. The van der Waals surface area contributed by atoms with Crippen molar-refractivity contribution in [3.8, 4) is 0 Å². The maximum absolute atomic E-state index is 12.3. The molecule has 0 aliphatic carbocycles. The zero-order valence-corrected chi connectivity index (χ0v) is 16.0. The summed E-state index contributed by atoms with van der Waals surface area (Å²) in [4.78, 5) is 41.1. The lowest BCUT2D eigenvalue weighted by atomic mass is 10.1. The van der Waals surface area contributed by atoms with Gasteiger partial charge in [-0.25, -0.2) is 14.6 Å². The number of amides is 1. The number of carbonyl (C=O) groups is 2. The molecule has 0 saturated carbocycles. The number of carbonyl (C=O) groups excluding carboxylic acids is 2. The number of ether oxygens (including phenoxy) is 1. The summed E-state index contributed by atoms with van der Waals surface area (Å²) in [6.07, 6.45) is 1.58. The van der Waals surface area contributed by atoms with Crippen molar-refractivity contribution in [2.45, 2.75) is 32.9 Å². The van der Waals surface area contributed by atoms with Crippen molar-refractivity contribution in [2.24, 2.45) is 0 Å². The number of fused-ring (bicyclic) bond motifs is 1. The second-order valence-electron chi connectivity index (χ2n) is 6.90. The molecule has 0 aliphatic rings. The molecule has 0 unspecified atom stereocenters. The van der Waals surface area contributed by atoms with Gasteiger partial charge in [0.05, 0.1) is 10.9 Å². The zero-order chi connectivity index (χ0) is 19.6. The van der Waals surface area contributed by atoms with E-state index in [1.807, 2.05) is 0 Å². The van der Waals surface area contributed by atoms with E-state index in [0.29, 0.717) is 15.8 Å². The monoisotopic (exact) mass is 385 g/mol. The van der Waals surface area contributed by atoms with Crippen molar-refractivity contribution in [3.63, 3.8) is 0 Å². The number of nitrogens with zero attached hydrogens (tertiary/aromatic N) is 2. The normalized spacial score (nSPS) is 11.4. The number of esters is 1. The van der Waals surface area contributed by atoms with Crippen LogP contribution in [0.25, 0.3) is 10.2 Å². The number of pyridine rings is 1. The van der Waals surface area contributed by atoms with Crippen LogP contribution in [0, 0.1) is 0 Å². The smallest absolute Gasteiger partial charge is 0.338 e. The van der Waals surface area contributed by atoms with Gasteiger partial charge in [-0.2, -0.15) is 3.96 Å². The predicted molar refractivity (Wildman–Crippen MR) is 103 cm³/mol. The van der Waals surface area contributed by atoms with E-state index in [1.54, 1.807) is 63.4 Å². The standard InChI is InChI=1S/C19H19N3O4S/c1-19(2,3)26-17(24)13-8-6-12(7-9-13)11-21-18(25)22-16(23)14-5-4-10-20-15(14)27-22/h4-10H,11H2,1-3H3,(H,21,25). The summed E-state index contributed by atoms with van der Waals surface area (Å²) in [5.41, 5.74) is 0.284. The molecule has 2 heterocycles. The second-order valence-corrected chi connectivity index (χ2v) is 7.84. The predicted octanol–water partition coefficient (Wildman–Crippen LogP) is 3.17. The summed E-state index contributed by atoms with van der Waals surface area (Å²) in [5, 5.41) is 3.11. The lowest BCUT2D eigenvalue weighted by molar-refractivity contribution is 0.00695. The van der Waals surface area contributed by atoms with Crippen LogP contribution < -0.4 is 10.9 Å². The minimum absolute atomic E-state index is 0.224. The quantitative estimate of drug-likeness (QED) is 0.700. The van der Waals surface area contributed by atoms with E-state index in [4.69, 9.17) is 4.74 Å². The van der Waals surface area contributed by atoms with E-state index in [1.165, 1.54) is 0 Å². The molecule has 0 bridgehead atoms. The highest BCUT2D eigenvalue weighted by Gasteiger charge is 2.18. The lowest BCUT2D eigenvalue weighted by Crippen LogP contribution is -2.32. The Morgan fingerprint density at radius 3 is 2.52 bits per heavy atom. The Balaban J connectivity index is 1.66. The van der Waals surface area contributed by atoms with Gasteiger partial charge in [-0.15, -0.1) is 0 Å². The van der Waals surface area contributed by atoms with Crippen LogP contribution in [0.15, 0.2) is 47.4 Å². The van der Waals surface area contributed by atoms with E-state index in [0.717, 1.165) is 21.1 Å². The fourth-order valence-corrected chi connectivity index (χ4v) is 3.21. The summed E-state index contributed by atoms with van der Waals surface area (Å²) < 4.78 is 6.36. The first-order chi connectivity index (χ1) is 12.7. The van der Waals surface area contributed by atoms with Gasteiger partial charge in [0, 0.05) is 12.7 Å². The molecule has 3 rings (SSSR count). The molecule has 0 atom stereocenters. The van der Waals surface area contributed by atoms with E-state index >= 15 is 0 Å². The molecular weight excluding hydrogens is 366 g/mol. The molecule has 1 N–H and O–H groups in total. The van der Waals surface area contributed by atoms with Crippen molar-refractivity contribution in [3.05, 3.63) is 64.1 Å². The average molecular weight is 385 g/mol. The Morgan fingerprint density at radius 1 is 1.19 bits per heavy atom. The first-order valence-electron chi connectivity index (χ1n) is 8.32. The summed E-state index contributed by atoms with van der Waals surface area (Å²) in [6, 6.07) is 9.53. The van der Waals surface area contributed by atoms with Crippen molar-refractivity contribution < 1.29 is 14.3 Å². The molecule has 0 aliphatic heterocycles. The molecule has 0 fully saturated rings. The summed E-state index contributed by atoms with van der Waals surface area (Å²) in [5.74, 6) is -0.401. The van der Waals surface area contributed by atoms with Crippen molar-refractivity contribution in [2.75, 3.05) is 0 Å². The molecule has 0 saturated heterocycles. The van der Waals surface area contributed by atoms with Gasteiger partial charge in [-0.3, -0.25) is 4.79 Å². The van der Waals surface area contributed by atoms with Crippen LogP contribution in [0.4, 0.5) is 4.79 Å². The molecule has 3 aromatic rings. The third kappa shape index (κ3) is 4.40. The van der Waals surface area contributed by atoms with Gasteiger partial charge < -0.3 is 10.1 Å². The van der Waals surface area contributed by atoms with Gasteiger partial charge in [0.2, 0.25) is 0 Å². The van der Waals surface area contributed by atoms with Crippen molar-refractivity contribution >= 4 is 33.7 Å². The van der Waals surface area contributed by atoms with Gasteiger partial charge in [0.1, 0.15) is 10.4 Å². The minimum Gasteiger partial charge on any atom is -0.456 e. The topological polar surface area (TPSA) is 90.3 Å². The van der Waals surface area contributed by atoms with Crippen LogP contribution in [0.2, 0.25) is 0 Å². The largest absolute Gasteiger partial charge is 0.456 e. The first-order valence-corrected chi connectivity index (χ1v) is 9.09. The molecule has 7 nitrogen and oxygen atoms in total. The zero-order valence-electron chi connectivity index (χ0n) is 15.2. The van der Waals surface area contributed by atoms with Crippen molar-refractivity contribution in [1.29, 1.82) is 0 Å². The fraction of sp³-hybridized carbons (Fsp3) is 0.263. The molecule has 0 radical (unpaired) electrons. The van der Waals surface area contributed by atoms with Crippen LogP contribution in [-0.4, -0.2) is 26.5 Å². The Morgan fingerprint density at radius 2 is 1.89 bits per heavy atom. The van der Waals surface area contributed by atoms with Crippen LogP contribution in [-0.2, 0) is 11.3 Å². The van der Waals surface area contributed by atoms with E-state index in [2.05, 4.69) is 10.3 Å². The Labute approximate surface area is 159 Å². The van der Waals surface area contributed by atoms with Crippen LogP contribution in [0.3, 0.4) is 0 Å². The molecule has 1 aromatic carbocycles. The van der Waals surface area contributed by atoms with Crippen molar-refractivity contribution in [1.82, 2.24) is 14.3 Å². The molecule has 27 heavy (non-hydrogen) atoms. The van der Waals surface area contributed by atoms with Gasteiger partial charge in [-0.05, 0) is 62.1 Å². The minimum atomic E-state index is -0.559. The van der Waals surface area contributed by atoms with E-state index < -0.39 is 17.6 Å². The summed E-state index contributed by atoms with van der Waals surface area (Å²) >= 11 is 0.999. The number of nitrogens with one attached hydrogen (secondary N) is 1. The van der Waals surface area contributed by atoms with Crippen LogP contribution in [0.1, 0.15) is 36.7 Å². The maximum Gasteiger partial charge on any atom is 0.338 e. The van der Waals surface area contributed by atoms with E-state index in [9.17, 15) is 14.4 Å². The Hall–Kier alpha value is -3.00. The molecule has 140 valence electrons. The maximum atomic E-state index is 12.3. The highest BCUT2D eigenvalue weighted by Crippen LogP contribution is 2.14. The third-order valence-corrected chi connectivity index (χ3v) is 4.59. The lowest BCUT2D eigenvalue weighted by Gasteiger charge is -2.19. The summed E-state index contributed by atoms with van der Waals surface area (Å²) in [7, 11) is 0. The highest BCUT2D eigenvalue weighted by molar-refractivity contribution is 7.14. The number of hydrogen-bond acceptors (Lipinski definition) is 6. The molecule has 2 aromatic heterocycles. The third-order valence-electron chi connectivity index (χ3n) is 3.58. The van der Waals surface area contributed by atoms with Crippen LogP contribution in [0.5, 0.6) is 0 Å². The Bertz CT molecular complexity index is 1050. The number of benzene rings is 1.